The number of fused-ring (bicyclic) bond motifs is 1. The molecule has 0 unspecified atom stereocenters. The number of benzene rings is 1. The fourth-order valence-corrected chi connectivity index (χ4v) is 5.09. The van der Waals surface area contributed by atoms with Gasteiger partial charge < -0.3 is 23.9 Å². The van der Waals surface area contributed by atoms with Gasteiger partial charge in [0.1, 0.15) is 11.8 Å². The highest BCUT2D eigenvalue weighted by Gasteiger charge is 2.34. The predicted octanol–water partition coefficient (Wildman–Crippen LogP) is 4.61. The maximum atomic E-state index is 13.1. The number of esters is 1. The van der Waals surface area contributed by atoms with Crippen LogP contribution in [0.2, 0.25) is 0 Å². The number of H-pyrrole nitrogens is 1. The van der Waals surface area contributed by atoms with Crippen molar-refractivity contribution in [3.63, 3.8) is 0 Å². The van der Waals surface area contributed by atoms with E-state index < -0.39 is 0 Å². The van der Waals surface area contributed by atoms with Gasteiger partial charge in [0.25, 0.3) is 0 Å². The zero-order chi connectivity index (χ0) is 23.0. The fraction of sp³-hybridized carbons (Fsp3) is 0.520. The summed E-state index contributed by atoms with van der Waals surface area (Å²) in [7, 11) is 4.70. The summed E-state index contributed by atoms with van der Waals surface area (Å²) in [6.07, 6.45) is 3.95. The van der Waals surface area contributed by atoms with Gasteiger partial charge in [0.2, 0.25) is 5.75 Å². The summed E-state index contributed by atoms with van der Waals surface area (Å²) in [5.74, 6) is 1.58. The van der Waals surface area contributed by atoms with Crippen molar-refractivity contribution < 1.29 is 28.5 Å². The molecule has 7 nitrogen and oxygen atoms in total. The molecule has 0 bridgehead atoms. The van der Waals surface area contributed by atoms with Crippen molar-refractivity contribution in [1.82, 2.24) is 4.98 Å². The van der Waals surface area contributed by atoms with E-state index in [1.165, 1.54) is 0 Å². The van der Waals surface area contributed by atoms with Gasteiger partial charge >= 0.3 is 5.97 Å². The quantitative estimate of drug-likeness (QED) is 0.659. The third-order valence-corrected chi connectivity index (χ3v) is 6.89. The lowest BCUT2D eigenvalue weighted by Crippen LogP contribution is -2.21. The van der Waals surface area contributed by atoms with Gasteiger partial charge in [-0.1, -0.05) is 6.92 Å². The minimum Gasteiger partial charge on any atom is -0.493 e. The molecule has 1 saturated carbocycles. The van der Waals surface area contributed by atoms with Crippen molar-refractivity contribution in [2.24, 2.45) is 5.92 Å². The Morgan fingerprint density at radius 1 is 1.03 bits per heavy atom. The average Bonchev–Trinajstić information content (AvgIpc) is 3.35. The Kier molecular flexibility index (Phi) is 6.17. The number of rotatable bonds is 6. The Bertz CT molecular complexity index is 1010. The Labute approximate surface area is 188 Å². The molecule has 4 rings (SSSR count). The first-order valence-electron chi connectivity index (χ1n) is 11.1. The molecule has 1 N–H and O–H groups in total. The lowest BCUT2D eigenvalue weighted by Gasteiger charge is -2.24. The Hall–Kier alpha value is -2.96. The van der Waals surface area contributed by atoms with Crippen molar-refractivity contribution >= 4 is 11.8 Å². The van der Waals surface area contributed by atoms with Crippen LogP contribution in [0.5, 0.6) is 17.2 Å². The third-order valence-electron chi connectivity index (χ3n) is 6.89. The number of aromatic amines is 1. The molecular weight excluding hydrogens is 410 g/mol. The van der Waals surface area contributed by atoms with Crippen molar-refractivity contribution in [3.8, 4) is 17.2 Å². The van der Waals surface area contributed by atoms with Crippen molar-refractivity contribution in [2.75, 3.05) is 21.3 Å². The highest BCUT2D eigenvalue weighted by atomic mass is 16.5. The van der Waals surface area contributed by atoms with E-state index in [0.717, 1.165) is 30.5 Å². The predicted molar refractivity (Wildman–Crippen MR) is 119 cm³/mol. The summed E-state index contributed by atoms with van der Waals surface area (Å²) in [4.78, 5) is 29.2. The van der Waals surface area contributed by atoms with Crippen LogP contribution >= 0.6 is 0 Å². The van der Waals surface area contributed by atoms with Gasteiger partial charge in [-0.05, 0) is 67.7 Å². The standard InChI is InChI=1S/C25H31NO6/c1-13-7-6-8-19(13)32-25(28)23-14(2)22-17(26-23)9-15(10-18(22)27)16-11-20(29-3)24(31-5)21(12-16)30-4/h11-13,15,19,26H,6-10H2,1-5H3/t13-,15+,19+/m1/s1. The monoisotopic (exact) mass is 441 g/mol. The molecule has 1 heterocycles. The van der Waals surface area contributed by atoms with Crippen LogP contribution < -0.4 is 14.2 Å². The Balaban J connectivity index is 1.62. The normalized spacial score (nSPS) is 22.4. The number of carbonyl (C=O) groups excluding carboxylic acids is 2. The molecule has 32 heavy (non-hydrogen) atoms. The zero-order valence-electron chi connectivity index (χ0n) is 19.4. The molecular formula is C25H31NO6. The molecule has 1 aromatic carbocycles. The average molecular weight is 442 g/mol. The summed E-state index contributed by atoms with van der Waals surface area (Å²) in [6, 6.07) is 3.77. The first kappa shape index (κ1) is 22.2. The number of ketones is 1. The van der Waals surface area contributed by atoms with Gasteiger partial charge in [-0.25, -0.2) is 4.79 Å². The van der Waals surface area contributed by atoms with E-state index in [-0.39, 0.29) is 23.8 Å². The number of hydrogen-bond acceptors (Lipinski definition) is 6. The molecule has 172 valence electrons. The number of nitrogens with one attached hydrogen (secondary N) is 1. The number of aromatic nitrogens is 1. The van der Waals surface area contributed by atoms with Crippen LogP contribution in [0.15, 0.2) is 12.1 Å². The molecule has 0 aliphatic heterocycles. The van der Waals surface area contributed by atoms with Gasteiger partial charge in [0, 0.05) is 17.7 Å². The van der Waals surface area contributed by atoms with E-state index in [0.29, 0.717) is 52.8 Å². The van der Waals surface area contributed by atoms with E-state index in [1.807, 2.05) is 19.1 Å². The number of methoxy groups -OCH3 is 3. The maximum Gasteiger partial charge on any atom is 0.355 e. The molecule has 2 aromatic rings. The molecule has 0 amide bonds. The fourth-order valence-electron chi connectivity index (χ4n) is 5.09. The summed E-state index contributed by atoms with van der Waals surface area (Å²) >= 11 is 0. The molecule has 0 radical (unpaired) electrons. The zero-order valence-corrected chi connectivity index (χ0v) is 19.4. The molecule has 1 aromatic heterocycles. The van der Waals surface area contributed by atoms with Crippen molar-refractivity contribution in [2.45, 2.75) is 58.0 Å². The highest BCUT2D eigenvalue weighted by molar-refractivity contribution is 6.03. The maximum absolute atomic E-state index is 13.1. The van der Waals surface area contributed by atoms with Gasteiger partial charge in [-0.2, -0.15) is 0 Å². The number of Topliss-reactive ketones (excluding diaryl/α,β-unsaturated/α-hetero) is 1. The lowest BCUT2D eigenvalue weighted by atomic mass is 9.81. The topological polar surface area (TPSA) is 86.9 Å². The van der Waals surface area contributed by atoms with Crippen LogP contribution in [-0.2, 0) is 11.2 Å². The first-order chi connectivity index (χ1) is 15.4. The van der Waals surface area contributed by atoms with Gasteiger partial charge in [0.15, 0.2) is 17.3 Å². The third kappa shape index (κ3) is 3.85. The van der Waals surface area contributed by atoms with Gasteiger partial charge in [0.05, 0.1) is 21.3 Å². The van der Waals surface area contributed by atoms with Gasteiger partial charge in [-0.3, -0.25) is 4.79 Å². The van der Waals surface area contributed by atoms with Crippen molar-refractivity contribution in [1.29, 1.82) is 0 Å². The molecule has 1 fully saturated rings. The molecule has 0 saturated heterocycles. The largest absolute Gasteiger partial charge is 0.493 e. The summed E-state index contributed by atoms with van der Waals surface area (Å²) in [6.45, 7) is 3.94. The second kappa shape index (κ2) is 8.88. The number of ether oxygens (including phenoxy) is 4. The van der Waals surface area contributed by atoms with Crippen LogP contribution in [-0.4, -0.2) is 44.2 Å². The van der Waals surface area contributed by atoms with E-state index >= 15 is 0 Å². The van der Waals surface area contributed by atoms with E-state index in [4.69, 9.17) is 18.9 Å². The minimum absolute atomic E-state index is 0.0204. The molecule has 7 heteroatoms. The highest BCUT2D eigenvalue weighted by Crippen LogP contribution is 2.43. The second-order valence-corrected chi connectivity index (χ2v) is 8.82. The van der Waals surface area contributed by atoms with E-state index in [2.05, 4.69) is 11.9 Å². The Morgan fingerprint density at radius 3 is 2.28 bits per heavy atom. The lowest BCUT2D eigenvalue weighted by molar-refractivity contribution is 0.0219. The SMILES string of the molecule is COc1cc([C@@H]2CC(=O)c3c([nH]c(C(=O)O[C@H]4CCC[C@H]4C)c3C)C2)cc(OC)c1OC. The number of carbonyl (C=O) groups is 2. The minimum atomic E-state index is -0.368. The van der Waals surface area contributed by atoms with E-state index in [1.54, 1.807) is 21.3 Å². The van der Waals surface area contributed by atoms with Crippen LogP contribution in [0, 0.1) is 12.8 Å². The first-order valence-corrected chi connectivity index (χ1v) is 11.1. The molecule has 2 aliphatic rings. The summed E-state index contributed by atoms with van der Waals surface area (Å²) in [5, 5.41) is 0. The van der Waals surface area contributed by atoms with Crippen molar-refractivity contribution in [3.05, 3.63) is 40.2 Å². The second-order valence-electron chi connectivity index (χ2n) is 8.82. The molecule has 3 atom stereocenters. The van der Waals surface area contributed by atoms with Gasteiger partial charge in [-0.15, -0.1) is 0 Å². The molecule has 0 spiro atoms. The molecule has 2 aliphatic carbocycles. The van der Waals surface area contributed by atoms with Crippen LogP contribution in [0.4, 0.5) is 0 Å². The van der Waals surface area contributed by atoms with Crippen LogP contribution in [0.1, 0.15) is 76.2 Å². The van der Waals surface area contributed by atoms with Crippen LogP contribution in [0.3, 0.4) is 0 Å². The number of hydrogen-bond donors (Lipinski definition) is 1. The summed E-state index contributed by atoms with van der Waals surface area (Å²) in [5.41, 5.74) is 3.41. The smallest absolute Gasteiger partial charge is 0.355 e. The van der Waals surface area contributed by atoms with Crippen LogP contribution in [0.25, 0.3) is 0 Å². The Morgan fingerprint density at radius 2 is 1.72 bits per heavy atom. The van der Waals surface area contributed by atoms with E-state index in [9.17, 15) is 9.59 Å². The summed E-state index contributed by atoms with van der Waals surface area (Å²) < 4.78 is 22.1.